The van der Waals surface area contributed by atoms with Crippen molar-refractivity contribution < 1.29 is 48.0 Å². The molecule has 2 heterocycles. The fourth-order valence-electron chi connectivity index (χ4n) is 6.41. The Hall–Kier alpha value is -7.05. The van der Waals surface area contributed by atoms with E-state index in [1.165, 1.54) is 18.3 Å². The van der Waals surface area contributed by atoms with Gasteiger partial charge in [-0.3, -0.25) is 9.59 Å². The number of nitrogens with one attached hydrogen (secondary N) is 2. The summed E-state index contributed by atoms with van der Waals surface area (Å²) in [4.78, 5) is 46.9. The molecular weight excluding hydrogens is 856 g/mol. The lowest BCUT2D eigenvalue weighted by atomic mass is 10.0. The molecule has 2 aromatic heterocycles. The lowest BCUT2D eigenvalue weighted by Gasteiger charge is -2.15. The zero-order valence-corrected chi connectivity index (χ0v) is 36.0. The summed E-state index contributed by atoms with van der Waals surface area (Å²) in [5, 5.41) is 35.6. The summed E-state index contributed by atoms with van der Waals surface area (Å²) in [6, 6.07) is 36.1. The lowest BCUT2D eigenvalue weighted by Crippen LogP contribution is -2.42. The molecule has 0 spiro atoms. The fourth-order valence-corrected chi connectivity index (χ4v) is 6.88. The third-order valence-electron chi connectivity index (χ3n) is 9.77. The number of amides is 2. The van der Waals surface area contributed by atoms with Crippen LogP contribution < -0.4 is 20.1 Å². The number of unbranched alkanes of at least 4 members (excludes halogenated alkanes) is 2. The standard InChI is InChI=1S/C48H47FN6O9S/c49-39-20-17-35(18-21-39)41-29-38(34-10-3-1-4-11-34)30-46(54-41)62-26-8-2-5-14-45(56)53-42(48(58)59)28-33-15-22-40(23-16-33)61-27-9-25-50-47(57)37-19-24-44(51-31-37)55-52-32-36-12-6-7-13-43(36)65-64-63-60/h1,3-4,6-7,10-13,15-24,29-31,42,60H,2,5,8-9,14,25-28,32H2,(H,50,57)(H,53,56)(H,58,59). The minimum absolute atomic E-state index is 0.0980. The monoisotopic (exact) mass is 902 g/mol. The Morgan fingerprint density at radius 2 is 1.55 bits per heavy atom. The van der Waals surface area contributed by atoms with E-state index < -0.39 is 12.0 Å². The van der Waals surface area contributed by atoms with E-state index in [-0.39, 0.29) is 37.0 Å². The van der Waals surface area contributed by atoms with Crippen LogP contribution in [0.15, 0.2) is 149 Å². The van der Waals surface area contributed by atoms with Crippen LogP contribution in [0.25, 0.3) is 22.4 Å². The van der Waals surface area contributed by atoms with Crippen LogP contribution >= 0.6 is 12.0 Å². The first-order valence-corrected chi connectivity index (χ1v) is 21.5. The van der Waals surface area contributed by atoms with Gasteiger partial charge in [-0.2, -0.15) is 5.11 Å². The summed E-state index contributed by atoms with van der Waals surface area (Å²) in [6.07, 6.45) is 4.10. The molecule has 1 atom stereocenters. The van der Waals surface area contributed by atoms with Gasteiger partial charge < -0.3 is 25.2 Å². The van der Waals surface area contributed by atoms with E-state index >= 15 is 0 Å². The molecule has 336 valence electrons. The van der Waals surface area contributed by atoms with Gasteiger partial charge in [0.2, 0.25) is 11.8 Å². The normalized spacial score (nSPS) is 11.5. The number of carboxylic acid groups (broad SMARTS) is 1. The number of halogens is 1. The van der Waals surface area contributed by atoms with Crippen molar-refractivity contribution in [1.29, 1.82) is 0 Å². The second kappa shape index (κ2) is 25.3. The number of carbonyl (C=O) groups excluding carboxylic acids is 2. The van der Waals surface area contributed by atoms with E-state index in [1.807, 2.05) is 54.6 Å². The zero-order chi connectivity index (χ0) is 45.6. The average molecular weight is 903 g/mol. The number of pyridine rings is 2. The van der Waals surface area contributed by atoms with Crippen molar-refractivity contribution >= 4 is 35.6 Å². The van der Waals surface area contributed by atoms with Gasteiger partial charge in [-0.15, -0.1) is 9.45 Å². The van der Waals surface area contributed by atoms with Crippen LogP contribution in [0, 0.1) is 5.82 Å². The SMILES string of the molecule is O=C(CCCCCOc1cc(-c2ccccc2)cc(-c2ccc(F)cc2)n1)NC(Cc1ccc(OCCCNC(=O)c2ccc(N=NCc3ccccc3SOOO)nc2)cc1)C(=O)O. The van der Waals surface area contributed by atoms with Crippen LogP contribution in [0.5, 0.6) is 11.6 Å². The highest BCUT2D eigenvalue weighted by molar-refractivity contribution is 7.94. The number of hydrogen-bond acceptors (Lipinski definition) is 13. The predicted molar refractivity (Wildman–Crippen MR) is 241 cm³/mol. The number of nitrogens with zero attached hydrogens (tertiary/aromatic N) is 4. The number of azo groups is 1. The van der Waals surface area contributed by atoms with Crippen LogP contribution in [0.2, 0.25) is 0 Å². The lowest BCUT2D eigenvalue weighted by molar-refractivity contribution is -0.432. The van der Waals surface area contributed by atoms with Crippen molar-refractivity contribution in [1.82, 2.24) is 20.6 Å². The summed E-state index contributed by atoms with van der Waals surface area (Å²) in [5.74, 6) is -0.762. The molecular formula is C48H47FN6O9S. The molecule has 15 nitrogen and oxygen atoms in total. The molecule has 0 aliphatic carbocycles. The number of aromatic nitrogens is 2. The number of carbonyl (C=O) groups is 3. The molecule has 0 radical (unpaired) electrons. The summed E-state index contributed by atoms with van der Waals surface area (Å²) < 4.78 is 29.9. The third-order valence-corrected chi connectivity index (χ3v) is 10.5. The van der Waals surface area contributed by atoms with E-state index in [0.29, 0.717) is 84.6 Å². The van der Waals surface area contributed by atoms with Gasteiger partial charge in [0, 0.05) is 42.1 Å². The highest BCUT2D eigenvalue weighted by atomic mass is 32.2. The molecule has 0 aliphatic heterocycles. The molecule has 4 N–H and O–H groups in total. The zero-order valence-electron chi connectivity index (χ0n) is 35.2. The molecule has 4 aromatic carbocycles. The summed E-state index contributed by atoms with van der Waals surface area (Å²) >= 11 is 0.837. The molecule has 0 bridgehead atoms. The van der Waals surface area contributed by atoms with Crippen molar-refractivity contribution in [2.24, 2.45) is 10.2 Å². The minimum atomic E-state index is -1.13. The quantitative estimate of drug-likeness (QED) is 0.0139. The van der Waals surface area contributed by atoms with Gasteiger partial charge in [0.1, 0.15) is 17.6 Å². The second-order valence-corrected chi connectivity index (χ2v) is 15.3. The first-order valence-electron chi connectivity index (χ1n) is 20.8. The smallest absolute Gasteiger partial charge is 0.326 e. The molecule has 6 rings (SSSR count). The predicted octanol–water partition coefficient (Wildman–Crippen LogP) is 9.61. The summed E-state index contributed by atoms with van der Waals surface area (Å²) in [5.41, 5.74) is 5.20. The summed E-state index contributed by atoms with van der Waals surface area (Å²) in [7, 11) is 0. The number of aliphatic carboxylic acids is 1. The van der Waals surface area contributed by atoms with Crippen LogP contribution in [0.1, 0.15) is 53.6 Å². The molecule has 1 unspecified atom stereocenters. The van der Waals surface area contributed by atoms with Gasteiger partial charge >= 0.3 is 5.97 Å². The van der Waals surface area contributed by atoms with Crippen molar-refractivity contribution in [3.05, 3.63) is 156 Å². The van der Waals surface area contributed by atoms with Gasteiger partial charge in [-0.25, -0.2) is 24.4 Å². The van der Waals surface area contributed by atoms with Gasteiger partial charge in [-0.1, -0.05) is 65.7 Å². The third kappa shape index (κ3) is 15.6. The molecule has 2 amide bonds. The minimum Gasteiger partial charge on any atom is -0.494 e. The van der Waals surface area contributed by atoms with E-state index in [2.05, 4.69) is 40.2 Å². The van der Waals surface area contributed by atoms with Gasteiger partial charge in [-0.05, 0) is 109 Å². The Kier molecular flexibility index (Phi) is 18.5. The number of rotatable bonds is 25. The van der Waals surface area contributed by atoms with Gasteiger partial charge in [0.15, 0.2) is 5.82 Å². The average Bonchev–Trinajstić information content (AvgIpc) is 3.33. The first kappa shape index (κ1) is 47.4. The van der Waals surface area contributed by atoms with Crippen LogP contribution in [0.4, 0.5) is 10.2 Å². The molecule has 65 heavy (non-hydrogen) atoms. The maximum absolute atomic E-state index is 13.6. The van der Waals surface area contributed by atoms with E-state index in [0.717, 1.165) is 34.3 Å². The molecule has 0 saturated heterocycles. The van der Waals surface area contributed by atoms with Crippen LogP contribution in [-0.2, 0) is 31.9 Å². The van der Waals surface area contributed by atoms with Gasteiger partial charge in [0.25, 0.3) is 5.91 Å². The Labute approximate surface area is 379 Å². The van der Waals surface area contributed by atoms with E-state index in [4.69, 9.17) is 14.7 Å². The van der Waals surface area contributed by atoms with Crippen LogP contribution in [0.3, 0.4) is 0 Å². The maximum atomic E-state index is 13.6. The van der Waals surface area contributed by atoms with Crippen molar-refractivity contribution in [2.45, 2.75) is 56.0 Å². The van der Waals surface area contributed by atoms with Crippen molar-refractivity contribution in [3.8, 4) is 34.0 Å². The topological polar surface area (TPSA) is 203 Å². The number of hydrogen-bond donors (Lipinski definition) is 4. The highest BCUT2D eigenvalue weighted by Crippen LogP contribution is 2.29. The summed E-state index contributed by atoms with van der Waals surface area (Å²) in [6.45, 7) is 1.29. The number of carboxylic acids is 1. The highest BCUT2D eigenvalue weighted by Gasteiger charge is 2.20. The Morgan fingerprint density at radius 1 is 0.785 bits per heavy atom. The molecule has 6 aromatic rings. The van der Waals surface area contributed by atoms with Crippen molar-refractivity contribution in [2.75, 3.05) is 19.8 Å². The molecule has 0 saturated carbocycles. The first-order chi connectivity index (χ1) is 31.7. The molecule has 0 fully saturated rings. The van der Waals surface area contributed by atoms with Crippen molar-refractivity contribution in [3.63, 3.8) is 0 Å². The van der Waals surface area contributed by atoms with E-state index in [1.54, 1.807) is 60.7 Å². The molecule has 17 heteroatoms. The fraction of sp³-hybridized carbons (Fsp3) is 0.229. The van der Waals surface area contributed by atoms with Crippen LogP contribution in [-0.4, -0.2) is 63.9 Å². The van der Waals surface area contributed by atoms with Gasteiger partial charge in [0.05, 0.1) is 43.1 Å². The second-order valence-electron chi connectivity index (χ2n) is 14.5. The Balaban J connectivity index is 0.856. The number of ether oxygens (including phenoxy) is 2. The molecule has 0 aliphatic rings. The number of benzene rings is 4. The maximum Gasteiger partial charge on any atom is 0.326 e. The Morgan fingerprint density at radius 3 is 2.31 bits per heavy atom. The van der Waals surface area contributed by atoms with E-state index in [9.17, 15) is 23.9 Å². The Bertz CT molecular complexity index is 2480. The largest absolute Gasteiger partial charge is 0.494 e.